The molecule has 1 aromatic rings. The van der Waals surface area contributed by atoms with Gasteiger partial charge < -0.3 is 4.74 Å². The van der Waals surface area contributed by atoms with Crippen LogP contribution in [0.5, 0.6) is 0 Å². The van der Waals surface area contributed by atoms with E-state index in [1.165, 1.54) is 0 Å². The fraction of sp³-hybridized carbons (Fsp3) is 0.467. The maximum Gasteiger partial charge on any atom is 0.317 e. The van der Waals surface area contributed by atoms with E-state index in [9.17, 15) is 9.59 Å². The molecule has 0 saturated heterocycles. The maximum atomic E-state index is 12.4. The fourth-order valence-corrected chi connectivity index (χ4v) is 2.65. The smallest absolute Gasteiger partial charge is 0.317 e. The standard InChI is InChI=1S/C15H17BrO3/c1-14(2,3)19-13(18)15(8-12(17)9-15)10-5-4-6-11(16)7-10/h4-7H,8-9H2,1-3H3. The predicted molar refractivity (Wildman–Crippen MR) is 75.9 cm³/mol. The van der Waals surface area contributed by atoms with Gasteiger partial charge in [-0.05, 0) is 38.5 Å². The second kappa shape index (κ2) is 4.75. The van der Waals surface area contributed by atoms with Crippen LogP contribution >= 0.6 is 15.9 Å². The molecule has 0 atom stereocenters. The summed E-state index contributed by atoms with van der Waals surface area (Å²) in [7, 11) is 0. The van der Waals surface area contributed by atoms with Gasteiger partial charge in [-0.2, -0.15) is 0 Å². The average molecular weight is 325 g/mol. The summed E-state index contributed by atoms with van der Waals surface area (Å²) in [6, 6.07) is 7.53. The summed E-state index contributed by atoms with van der Waals surface area (Å²) < 4.78 is 6.38. The van der Waals surface area contributed by atoms with Gasteiger partial charge in [-0.25, -0.2) is 0 Å². The highest BCUT2D eigenvalue weighted by Gasteiger charge is 2.53. The van der Waals surface area contributed by atoms with Crippen LogP contribution < -0.4 is 0 Å². The van der Waals surface area contributed by atoms with Crippen molar-refractivity contribution in [2.75, 3.05) is 0 Å². The highest BCUT2D eigenvalue weighted by molar-refractivity contribution is 9.10. The Morgan fingerprint density at radius 1 is 1.32 bits per heavy atom. The summed E-state index contributed by atoms with van der Waals surface area (Å²) >= 11 is 3.40. The molecule has 102 valence electrons. The third-order valence-electron chi connectivity index (χ3n) is 3.16. The van der Waals surface area contributed by atoms with E-state index in [-0.39, 0.29) is 24.6 Å². The van der Waals surface area contributed by atoms with Gasteiger partial charge in [-0.15, -0.1) is 0 Å². The number of ketones is 1. The summed E-state index contributed by atoms with van der Waals surface area (Å²) in [6.45, 7) is 5.50. The van der Waals surface area contributed by atoms with Crippen molar-refractivity contribution in [3.63, 3.8) is 0 Å². The first-order valence-corrected chi connectivity index (χ1v) is 7.03. The lowest BCUT2D eigenvalue weighted by atomic mass is 9.63. The lowest BCUT2D eigenvalue weighted by molar-refractivity contribution is -0.169. The van der Waals surface area contributed by atoms with Crippen LogP contribution in [0.4, 0.5) is 0 Å². The topological polar surface area (TPSA) is 43.4 Å². The number of hydrogen-bond acceptors (Lipinski definition) is 3. The molecule has 1 aliphatic carbocycles. The zero-order valence-corrected chi connectivity index (χ0v) is 12.9. The number of Topliss-reactive ketones (excluding diaryl/α,β-unsaturated/α-hetero) is 1. The lowest BCUT2D eigenvalue weighted by Gasteiger charge is -2.40. The minimum atomic E-state index is -0.797. The van der Waals surface area contributed by atoms with E-state index in [2.05, 4.69) is 15.9 Å². The molecule has 3 nitrogen and oxygen atoms in total. The normalized spacial score (nSPS) is 17.8. The molecule has 1 fully saturated rings. The van der Waals surface area contributed by atoms with Crippen molar-refractivity contribution in [1.82, 2.24) is 0 Å². The molecule has 19 heavy (non-hydrogen) atoms. The largest absolute Gasteiger partial charge is 0.459 e. The summed E-state index contributed by atoms with van der Waals surface area (Å²) in [5, 5.41) is 0. The maximum absolute atomic E-state index is 12.4. The Morgan fingerprint density at radius 2 is 1.95 bits per heavy atom. The third kappa shape index (κ3) is 2.89. The van der Waals surface area contributed by atoms with Crippen LogP contribution in [0.15, 0.2) is 28.7 Å². The molecule has 1 saturated carbocycles. The molecule has 2 rings (SSSR count). The van der Waals surface area contributed by atoms with E-state index in [1.807, 2.05) is 45.0 Å². The van der Waals surface area contributed by atoms with E-state index in [0.29, 0.717) is 0 Å². The summed E-state index contributed by atoms with van der Waals surface area (Å²) in [6.07, 6.45) is 0.469. The van der Waals surface area contributed by atoms with E-state index in [0.717, 1.165) is 10.0 Å². The second-order valence-electron chi connectivity index (χ2n) is 5.99. The van der Waals surface area contributed by atoms with Gasteiger partial charge in [0, 0.05) is 17.3 Å². The van der Waals surface area contributed by atoms with Crippen molar-refractivity contribution in [1.29, 1.82) is 0 Å². The molecule has 0 unspecified atom stereocenters. The van der Waals surface area contributed by atoms with Crippen LogP contribution in [0.25, 0.3) is 0 Å². The van der Waals surface area contributed by atoms with Gasteiger partial charge in [-0.3, -0.25) is 9.59 Å². The SMILES string of the molecule is CC(C)(C)OC(=O)C1(c2cccc(Br)c2)CC(=O)C1. The van der Waals surface area contributed by atoms with Crippen LogP contribution in [0.2, 0.25) is 0 Å². The average Bonchev–Trinajstić information content (AvgIpc) is 2.21. The summed E-state index contributed by atoms with van der Waals surface area (Å²) in [4.78, 5) is 23.9. The van der Waals surface area contributed by atoms with Gasteiger partial charge in [-0.1, -0.05) is 28.1 Å². The Kier molecular flexibility index (Phi) is 3.56. The number of ether oxygens (including phenoxy) is 1. The molecule has 0 bridgehead atoms. The van der Waals surface area contributed by atoms with Gasteiger partial charge in [0.25, 0.3) is 0 Å². The fourth-order valence-electron chi connectivity index (χ4n) is 2.25. The summed E-state index contributed by atoms with van der Waals surface area (Å²) in [5.41, 5.74) is -0.501. The van der Waals surface area contributed by atoms with Crippen molar-refractivity contribution >= 4 is 27.7 Å². The van der Waals surface area contributed by atoms with Gasteiger partial charge in [0.05, 0.1) is 0 Å². The van der Waals surface area contributed by atoms with E-state index >= 15 is 0 Å². The number of benzene rings is 1. The molecular weight excluding hydrogens is 308 g/mol. The highest BCUT2D eigenvalue weighted by Crippen LogP contribution is 2.43. The van der Waals surface area contributed by atoms with Crippen molar-refractivity contribution in [3.05, 3.63) is 34.3 Å². The Balaban J connectivity index is 2.34. The van der Waals surface area contributed by atoms with Crippen LogP contribution in [0.3, 0.4) is 0 Å². The van der Waals surface area contributed by atoms with Crippen LogP contribution in [0, 0.1) is 0 Å². The molecule has 0 spiro atoms. The Hall–Kier alpha value is -1.16. The van der Waals surface area contributed by atoms with Crippen LogP contribution in [-0.2, 0) is 19.7 Å². The lowest BCUT2D eigenvalue weighted by Crippen LogP contribution is -2.51. The zero-order valence-electron chi connectivity index (χ0n) is 11.3. The third-order valence-corrected chi connectivity index (χ3v) is 3.66. The summed E-state index contributed by atoms with van der Waals surface area (Å²) in [5.74, 6) is -0.205. The van der Waals surface area contributed by atoms with Gasteiger partial charge in [0.2, 0.25) is 0 Å². The van der Waals surface area contributed by atoms with Crippen LogP contribution in [0.1, 0.15) is 39.2 Å². The molecule has 0 heterocycles. The van der Waals surface area contributed by atoms with Crippen molar-refractivity contribution in [3.8, 4) is 0 Å². The van der Waals surface area contributed by atoms with Crippen molar-refractivity contribution in [2.24, 2.45) is 0 Å². The van der Waals surface area contributed by atoms with E-state index in [1.54, 1.807) is 0 Å². The van der Waals surface area contributed by atoms with Gasteiger partial charge >= 0.3 is 5.97 Å². The quantitative estimate of drug-likeness (QED) is 0.783. The number of esters is 1. The number of carbonyl (C=O) groups is 2. The second-order valence-corrected chi connectivity index (χ2v) is 6.90. The highest BCUT2D eigenvalue weighted by atomic mass is 79.9. The van der Waals surface area contributed by atoms with Gasteiger partial charge in [0.1, 0.15) is 16.8 Å². The van der Waals surface area contributed by atoms with Crippen molar-refractivity contribution < 1.29 is 14.3 Å². The first kappa shape index (κ1) is 14.3. The first-order chi connectivity index (χ1) is 8.73. The minimum Gasteiger partial charge on any atom is -0.459 e. The molecule has 1 aromatic carbocycles. The van der Waals surface area contributed by atoms with Crippen molar-refractivity contribution in [2.45, 2.75) is 44.6 Å². The number of rotatable bonds is 2. The Bertz CT molecular complexity index is 520. The van der Waals surface area contributed by atoms with Crippen LogP contribution in [-0.4, -0.2) is 17.4 Å². The number of carbonyl (C=O) groups excluding carboxylic acids is 2. The first-order valence-electron chi connectivity index (χ1n) is 6.24. The van der Waals surface area contributed by atoms with E-state index < -0.39 is 11.0 Å². The monoisotopic (exact) mass is 324 g/mol. The molecule has 0 N–H and O–H groups in total. The molecule has 1 aliphatic rings. The zero-order chi connectivity index (χ0) is 14.3. The molecule has 0 amide bonds. The number of hydrogen-bond donors (Lipinski definition) is 0. The molecule has 4 heteroatoms. The molecular formula is C15H17BrO3. The minimum absolute atomic E-state index is 0.103. The predicted octanol–water partition coefficient (Wildman–Crippen LogP) is 3.39. The molecule has 0 aromatic heterocycles. The molecule has 0 radical (unpaired) electrons. The number of halogens is 1. The van der Waals surface area contributed by atoms with Gasteiger partial charge in [0.15, 0.2) is 0 Å². The molecule has 0 aliphatic heterocycles. The van der Waals surface area contributed by atoms with E-state index in [4.69, 9.17) is 4.74 Å². The Morgan fingerprint density at radius 3 is 2.42 bits per heavy atom. The Labute approximate surface area is 121 Å².